The highest BCUT2D eigenvalue weighted by Gasteiger charge is 2.17. The van der Waals surface area contributed by atoms with Crippen LogP contribution in [-0.2, 0) is 11.2 Å². The number of guanidine groups is 1. The minimum absolute atomic E-state index is 0.0746. The van der Waals surface area contributed by atoms with Crippen LogP contribution in [0.25, 0.3) is 0 Å². The van der Waals surface area contributed by atoms with Crippen molar-refractivity contribution in [2.24, 2.45) is 4.99 Å². The largest absolute Gasteiger partial charge is 0.490 e. The number of thiophene rings is 1. The van der Waals surface area contributed by atoms with Crippen LogP contribution in [0.3, 0.4) is 0 Å². The van der Waals surface area contributed by atoms with Gasteiger partial charge in [-0.3, -0.25) is 4.79 Å². The molecule has 160 valence electrons. The molecule has 0 saturated carbocycles. The zero-order valence-electron chi connectivity index (χ0n) is 17.1. The number of hydrogen-bond acceptors (Lipinski definition) is 5. The van der Waals surface area contributed by atoms with E-state index in [2.05, 4.69) is 33.1 Å². The van der Waals surface area contributed by atoms with Crippen molar-refractivity contribution >= 4 is 28.9 Å². The Morgan fingerprint density at radius 3 is 2.73 bits per heavy atom. The Hall–Kier alpha value is -2.74. The summed E-state index contributed by atoms with van der Waals surface area (Å²) in [5, 5.41) is 8.74. The fourth-order valence-corrected chi connectivity index (χ4v) is 4.20. The number of fused-ring (bicyclic) bond motifs is 1. The van der Waals surface area contributed by atoms with Gasteiger partial charge in [0.05, 0.1) is 13.2 Å². The molecule has 1 saturated heterocycles. The van der Waals surface area contributed by atoms with Crippen LogP contribution in [0.15, 0.2) is 40.7 Å². The lowest BCUT2D eigenvalue weighted by Gasteiger charge is -2.16. The lowest BCUT2D eigenvalue weighted by Crippen LogP contribution is -2.35. The molecule has 0 radical (unpaired) electrons. The maximum absolute atomic E-state index is 12.4. The van der Waals surface area contributed by atoms with Crippen LogP contribution in [0, 0.1) is 0 Å². The van der Waals surface area contributed by atoms with Gasteiger partial charge in [0.1, 0.15) is 6.54 Å². The molecule has 3 heterocycles. The number of benzene rings is 1. The Labute approximate surface area is 181 Å². The molecule has 4 rings (SSSR count). The van der Waals surface area contributed by atoms with E-state index in [1.165, 1.54) is 4.88 Å². The molecule has 8 heteroatoms. The summed E-state index contributed by atoms with van der Waals surface area (Å²) in [6.07, 6.45) is 3.93. The first kappa shape index (κ1) is 20.5. The molecule has 1 amide bonds. The maximum atomic E-state index is 12.4. The van der Waals surface area contributed by atoms with Crippen LogP contribution in [0.4, 0.5) is 5.69 Å². The summed E-state index contributed by atoms with van der Waals surface area (Å²) in [7, 11) is 0. The topological polar surface area (TPSA) is 75.2 Å². The van der Waals surface area contributed by atoms with Crippen molar-refractivity contribution in [2.75, 3.05) is 44.7 Å². The third kappa shape index (κ3) is 5.66. The van der Waals surface area contributed by atoms with Crippen molar-refractivity contribution in [1.82, 2.24) is 10.2 Å². The number of hydrogen-bond donors (Lipinski definition) is 2. The fraction of sp³-hybridized carbons (Fsp3) is 0.455. The van der Waals surface area contributed by atoms with Crippen LogP contribution >= 0.6 is 11.3 Å². The van der Waals surface area contributed by atoms with Gasteiger partial charge in [-0.1, -0.05) is 6.07 Å². The third-order valence-corrected chi connectivity index (χ3v) is 6.02. The Kier molecular flexibility index (Phi) is 7.07. The number of nitrogens with zero attached hydrogens (tertiary/aromatic N) is 2. The molecule has 1 fully saturated rings. The average Bonchev–Trinajstić information content (AvgIpc) is 3.43. The minimum atomic E-state index is 0.0746. The van der Waals surface area contributed by atoms with Crippen LogP contribution < -0.4 is 20.1 Å². The smallest absolute Gasteiger partial charge is 0.244 e. The first-order valence-corrected chi connectivity index (χ1v) is 11.4. The molecule has 0 bridgehead atoms. The van der Waals surface area contributed by atoms with Gasteiger partial charge in [0, 0.05) is 42.7 Å². The zero-order chi connectivity index (χ0) is 20.6. The van der Waals surface area contributed by atoms with E-state index >= 15 is 0 Å². The Bertz CT molecular complexity index is 863. The van der Waals surface area contributed by atoms with Crippen molar-refractivity contribution < 1.29 is 14.3 Å². The van der Waals surface area contributed by atoms with Gasteiger partial charge in [0.2, 0.25) is 5.91 Å². The molecule has 0 spiro atoms. The molecule has 1 aromatic carbocycles. The first-order chi connectivity index (χ1) is 14.8. The average molecular weight is 429 g/mol. The number of carbonyl (C=O) groups is 1. The summed E-state index contributed by atoms with van der Waals surface area (Å²) in [4.78, 5) is 20.2. The maximum Gasteiger partial charge on any atom is 0.244 e. The van der Waals surface area contributed by atoms with Gasteiger partial charge >= 0.3 is 0 Å². The molecule has 1 aromatic heterocycles. The molecule has 30 heavy (non-hydrogen) atoms. The number of ether oxygens (including phenoxy) is 2. The molecule has 2 aliphatic rings. The van der Waals surface area contributed by atoms with Crippen molar-refractivity contribution in [3.8, 4) is 11.5 Å². The highest BCUT2D eigenvalue weighted by Crippen LogP contribution is 2.32. The van der Waals surface area contributed by atoms with E-state index < -0.39 is 0 Å². The summed E-state index contributed by atoms with van der Waals surface area (Å²) in [5.74, 6) is 2.15. The molecule has 2 aromatic rings. The van der Waals surface area contributed by atoms with E-state index in [1.807, 2.05) is 23.1 Å². The van der Waals surface area contributed by atoms with Crippen molar-refractivity contribution in [2.45, 2.75) is 25.7 Å². The molecular formula is C22H28N4O3S. The van der Waals surface area contributed by atoms with E-state index in [0.717, 1.165) is 62.5 Å². The molecule has 7 nitrogen and oxygen atoms in total. The predicted octanol–water partition coefficient (Wildman–Crippen LogP) is 3.13. The van der Waals surface area contributed by atoms with Gasteiger partial charge in [0.25, 0.3) is 0 Å². The predicted molar refractivity (Wildman–Crippen MR) is 120 cm³/mol. The van der Waals surface area contributed by atoms with Gasteiger partial charge < -0.3 is 25.0 Å². The van der Waals surface area contributed by atoms with Gasteiger partial charge in [-0.25, -0.2) is 4.99 Å². The highest BCUT2D eigenvalue weighted by atomic mass is 32.1. The van der Waals surface area contributed by atoms with Crippen molar-refractivity contribution in [3.05, 3.63) is 40.6 Å². The van der Waals surface area contributed by atoms with Gasteiger partial charge in [0.15, 0.2) is 17.5 Å². The van der Waals surface area contributed by atoms with Crippen LogP contribution in [0.5, 0.6) is 11.5 Å². The first-order valence-electron chi connectivity index (χ1n) is 10.5. The summed E-state index contributed by atoms with van der Waals surface area (Å²) >= 11 is 1.74. The molecule has 0 atom stereocenters. The number of nitrogens with one attached hydrogen (secondary N) is 2. The van der Waals surface area contributed by atoms with Crippen LogP contribution in [0.1, 0.15) is 24.1 Å². The summed E-state index contributed by atoms with van der Waals surface area (Å²) in [5.41, 5.74) is 0.843. The number of aliphatic imine (C=N–C) groups is 1. The number of anilines is 1. The van der Waals surface area contributed by atoms with Crippen molar-refractivity contribution in [1.29, 1.82) is 0 Å². The van der Waals surface area contributed by atoms with E-state index in [1.54, 1.807) is 11.3 Å². The number of rotatable bonds is 6. The normalized spacial score (nSPS) is 16.3. The second kappa shape index (κ2) is 10.3. The third-order valence-electron chi connectivity index (χ3n) is 5.09. The Morgan fingerprint density at radius 2 is 1.93 bits per heavy atom. The van der Waals surface area contributed by atoms with Gasteiger partial charge in [-0.05, 0) is 42.8 Å². The Morgan fingerprint density at radius 1 is 1.10 bits per heavy atom. The van der Waals surface area contributed by atoms with E-state index in [9.17, 15) is 4.79 Å². The van der Waals surface area contributed by atoms with E-state index in [-0.39, 0.29) is 12.5 Å². The Balaban J connectivity index is 1.42. The molecule has 2 aliphatic heterocycles. The lowest BCUT2D eigenvalue weighted by molar-refractivity contribution is -0.128. The van der Waals surface area contributed by atoms with E-state index in [4.69, 9.17) is 9.47 Å². The zero-order valence-corrected chi connectivity index (χ0v) is 17.9. The molecule has 2 N–H and O–H groups in total. The molecule has 0 aliphatic carbocycles. The fourth-order valence-electron chi connectivity index (χ4n) is 3.49. The van der Waals surface area contributed by atoms with Crippen LogP contribution in [0.2, 0.25) is 0 Å². The molecular weight excluding hydrogens is 400 g/mol. The number of amides is 1. The molecule has 0 unspecified atom stereocenters. The van der Waals surface area contributed by atoms with Gasteiger partial charge in [-0.2, -0.15) is 0 Å². The summed E-state index contributed by atoms with van der Waals surface area (Å²) in [6.45, 7) is 3.85. The summed E-state index contributed by atoms with van der Waals surface area (Å²) < 4.78 is 11.5. The lowest BCUT2D eigenvalue weighted by atomic mass is 10.2. The number of carbonyl (C=O) groups excluding carboxylic acids is 1. The quantitative estimate of drug-likeness (QED) is 0.546. The van der Waals surface area contributed by atoms with E-state index in [0.29, 0.717) is 19.2 Å². The van der Waals surface area contributed by atoms with Crippen LogP contribution in [-0.4, -0.2) is 56.2 Å². The summed E-state index contributed by atoms with van der Waals surface area (Å²) in [6, 6.07) is 9.93. The highest BCUT2D eigenvalue weighted by molar-refractivity contribution is 7.09. The van der Waals surface area contributed by atoms with Gasteiger partial charge in [-0.15, -0.1) is 11.3 Å². The monoisotopic (exact) mass is 428 g/mol. The van der Waals surface area contributed by atoms with Crippen molar-refractivity contribution in [3.63, 3.8) is 0 Å². The standard InChI is InChI=1S/C22H28N4O3S/c27-21(26-10-1-2-11-26)16-24-22(23-9-8-18-5-3-14-30-18)25-17-6-7-19-20(15-17)29-13-4-12-28-19/h3,5-7,14-15H,1-2,4,8-13,16H2,(H2,23,24,25). The minimum Gasteiger partial charge on any atom is -0.490 e. The SMILES string of the molecule is O=C(CN=C(NCCc1cccs1)Nc1ccc2c(c1)OCCCO2)N1CCCC1. The second-order valence-electron chi connectivity index (χ2n) is 7.35. The number of likely N-dealkylation sites (tertiary alicyclic amines) is 1. The second-order valence-corrected chi connectivity index (χ2v) is 8.38.